The molecule has 0 saturated carbocycles. The molecule has 0 unspecified atom stereocenters. The van der Waals surface area contributed by atoms with E-state index >= 15 is 0 Å². The lowest BCUT2D eigenvalue weighted by atomic mass is 10.1. The monoisotopic (exact) mass is 296 g/mol. The number of benzene rings is 2. The molecule has 0 spiro atoms. The van der Waals surface area contributed by atoms with Crippen LogP contribution in [0.3, 0.4) is 0 Å². The third-order valence-electron chi connectivity index (χ3n) is 3.26. The fourth-order valence-corrected chi connectivity index (χ4v) is 3.03. The Balaban J connectivity index is 1.74. The van der Waals surface area contributed by atoms with Gasteiger partial charge in [-0.2, -0.15) is 0 Å². The molecule has 106 valence electrons. The van der Waals surface area contributed by atoms with Crippen LogP contribution in [0.2, 0.25) is 0 Å². The predicted molar refractivity (Wildman–Crippen MR) is 89.9 cm³/mol. The first-order valence-electron chi connectivity index (χ1n) is 6.79. The van der Waals surface area contributed by atoms with E-state index < -0.39 is 0 Å². The molecule has 2 aromatic carbocycles. The lowest BCUT2D eigenvalue weighted by Crippen LogP contribution is -2.08. The number of thiophene rings is 1. The summed E-state index contributed by atoms with van der Waals surface area (Å²) in [7, 11) is 0. The number of hydrogen-bond donors (Lipinski definition) is 2. The van der Waals surface area contributed by atoms with Gasteiger partial charge < -0.3 is 10.6 Å². The van der Waals surface area contributed by atoms with E-state index in [-0.39, 0.29) is 5.91 Å². The largest absolute Gasteiger partial charge is 0.380 e. The van der Waals surface area contributed by atoms with Crippen LogP contribution >= 0.6 is 11.3 Å². The third kappa shape index (κ3) is 3.23. The van der Waals surface area contributed by atoms with Crippen LogP contribution < -0.4 is 10.6 Å². The number of hydrogen-bond acceptors (Lipinski definition) is 3. The Kier molecular flexibility index (Phi) is 3.88. The number of fused-ring (bicyclic) bond motifs is 1. The van der Waals surface area contributed by atoms with Gasteiger partial charge >= 0.3 is 0 Å². The fraction of sp³-hybridized carbons (Fsp3) is 0.118. The molecule has 3 aromatic rings. The number of anilines is 2. The maximum atomic E-state index is 11.2. The van der Waals surface area contributed by atoms with Crippen molar-refractivity contribution in [2.24, 2.45) is 0 Å². The summed E-state index contributed by atoms with van der Waals surface area (Å²) in [6.45, 7) is 2.23. The van der Waals surface area contributed by atoms with Gasteiger partial charge in [-0.15, -0.1) is 11.3 Å². The summed E-state index contributed by atoms with van der Waals surface area (Å²) in [6, 6.07) is 16.6. The standard InChI is InChI=1S/C17H16N2OS/c1-12(20)19-16-8-9-21-17(16)11-18-15-7-6-13-4-2-3-5-14(13)10-15/h2-10,18H,11H2,1H3,(H,19,20). The van der Waals surface area contributed by atoms with Crippen molar-refractivity contribution >= 4 is 39.4 Å². The summed E-state index contributed by atoms with van der Waals surface area (Å²) in [4.78, 5) is 12.3. The molecule has 21 heavy (non-hydrogen) atoms. The van der Waals surface area contributed by atoms with Crippen LogP contribution in [0.5, 0.6) is 0 Å². The number of rotatable bonds is 4. The van der Waals surface area contributed by atoms with E-state index in [1.54, 1.807) is 11.3 Å². The van der Waals surface area contributed by atoms with Crippen molar-refractivity contribution in [3.8, 4) is 0 Å². The normalized spacial score (nSPS) is 10.5. The van der Waals surface area contributed by atoms with Crippen LogP contribution in [0.25, 0.3) is 10.8 Å². The molecule has 0 aliphatic heterocycles. The van der Waals surface area contributed by atoms with Gasteiger partial charge in [0.2, 0.25) is 5.91 Å². The van der Waals surface area contributed by atoms with Crippen LogP contribution in [-0.4, -0.2) is 5.91 Å². The molecule has 2 N–H and O–H groups in total. The molecule has 0 saturated heterocycles. The molecule has 1 amide bonds. The van der Waals surface area contributed by atoms with E-state index in [0.29, 0.717) is 6.54 Å². The lowest BCUT2D eigenvalue weighted by Gasteiger charge is -2.08. The van der Waals surface area contributed by atoms with Crippen molar-refractivity contribution in [3.63, 3.8) is 0 Å². The van der Waals surface area contributed by atoms with E-state index in [9.17, 15) is 4.79 Å². The Morgan fingerprint density at radius 1 is 1.10 bits per heavy atom. The highest BCUT2D eigenvalue weighted by Gasteiger charge is 2.05. The van der Waals surface area contributed by atoms with Gasteiger partial charge in [0.25, 0.3) is 0 Å². The Bertz CT molecular complexity index is 779. The van der Waals surface area contributed by atoms with Crippen LogP contribution in [0.1, 0.15) is 11.8 Å². The van der Waals surface area contributed by atoms with E-state index in [1.807, 2.05) is 23.6 Å². The zero-order chi connectivity index (χ0) is 14.7. The smallest absolute Gasteiger partial charge is 0.221 e. The predicted octanol–water partition coefficient (Wildman–Crippen LogP) is 4.47. The molecule has 1 aromatic heterocycles. The van der Waals surface area contributed by atoms with Gasteiger partial charge in [-0.1, -0.05) is 30.3 Å². The fourth-order valence-electron chi connectivity index (χ4n) is 2.26. The topological polar surface area (TPSA) is 41.1 Å². The van der Waals surface area contributed by atoms with Gasteiger partial charge in [0, 0.05) is 17.5 Å². The van der Waals surface area contributed by atoms with Crippen LogP contribution in [-0.2, 0) is 11.3 Å². The minimum Gasteiger partial charge on any atom is -0.380 e. The Morgan fingerprint density at radius 2 is 1.90 bits per heavy atom. The third-order valence-corrected chi connectivity index (χ3v) is 4.18. The summed E-state index contributed by atoms with van der Waals surface area (Å²) < 4.78 is 0. The average molecular weight is 296 g/mol. The van der Waals surface area contributed by atoms with E-state index in [4.69, 9.17) is 0 Å². The Morgan fingerprint density at radius 3 is 2.71 bits per heavy atom. The maximum absolute atomic E-state index is 11.2. The number of nitrogens with one attached hydrogen (secondary N) is 2. The van der Waals surface area contributed by atoms with E-state index in [2.05, 4.69) is 41.0 Å². The zero-order valence-electron chi connectivity index (χ0n) is 11.7. The molecular formula is C17H16N2OS. The first-order chi connectivity index (χ1) is 10.2. The highest BCUT2D eigenvalue weighted by molar-refractivity contribution is 7.10. The molecule has 0 fully saturated rings. The van der Waals surface area contributed by atoms with Crippen LogP contribution in [0.4, 0.5) is 11.4 Å². The molecular weight excluding hydrogens is 280 g/mol. The molecule has 4 heteroatoms. The van der Waals surface area contributed by atoms with Gasteiger partial charge in [0.15, 0.2) is 0 Å². The molecule has 3 rings (SSSR count). The highest BCUT2D eigenvalue weighted by Crippen LogP contribution is 2.24. The Labute approximate surface area is 127 Å². The number of carbonyl (C=O) groups is 1. The van der Waals surface area contributed by atoms with Crippen molar-refractivity contribution < 1.29 is 4.79 Å². The molecule has 0 bridgehead atoms. The average Bonchev–Trinajstić information content (AvgIpc) is 2.91. The van der Waals surface area contributed by atoms with Crippen molar-refractivity contribution in [3.05, 3.63) is 58.8 Å². The van der Waals surface area contributed by atoms with E-state index in [0.717, 1.165) is 16.3 Å². The molecule has 3 nitrogen and oxygen atoms in total. The second kappa shape index (κ2) is 5.97. The minimum atomic E-state index is -0.0413. The number of carbonyl (C=O) groups excluding carboxylic acids is 1. The Hall–Kier alpha value is -2.33. The van der Waals surface area contributed by atoms with Gasteiger partial charge in [0.05, 0.1) is 12.2 Å². The maximum Gasteiger partial charge on any atom is 0.221 e. The summed E-state index contributed by atoms with van der Waals surface area (Å²) in [5.41, 5.74) is 1.97. The molecule has 0 atom stereocenters. The van der Waals surface area contributed by atoms with Crippen LogP contribution in [0.15, 0.2) is 53.9 Å². The summed E-state index contributed by atoms with van der Waals surface area (Å²) >= 11 is 1.64. The van der Waals surface area contributed by atoms with Crippen molar-refractivity contribution in [2.75, 3.05) is 10.6 Å². The molecule has 0 radical (unpaired) electrons. The summed E-state index contributed by atoms with van der Waals surface area (Å²) in [5.74, 6) is -0.0413. The first-order valence-corrected chi connectivity index (χ1v) is 7.67. The minimum absolute atomic E-state index is 0.0413. The first kappa shape index (κ1) is 13.6. The van der Waals surface area contributed by atoms with E-state index in [1.165, 1.54) is 17.7 Å². The molecule has 1 heterocycles. The van der Waals surface area contributed by atoms with Gasteiger partial charge in [-0.25, -0.2) is 0 Å². The van der Waals surface area contributed by atoms with Crippen LogP contribution in [0, 0.1) is 0 Å². The van der Waals surface area contributed by atoms with Crippen molar-refractivity contribution in [2.45, 2.75) is 13.5 Å². The SMILES string of the molecule is CC(=O)Nc1ccsc1CNc1ccc2ccccc2c1. The van der Waals surface area contributed by atoms with Crippen molar-refractivity contribution in [1.82, 2.24) is 0 Å². The number of amides is 1. The molecule has 0 aliphatic carbocycles. The zero-order valence-corrected chi connectivity index (χ0v) is 12.5. The second-order valence-electron chi connectivity index (χ2n) is 4.85. The lowest BCUT2D eigenvalue weighted by molar-refractivity contribution is -0.114. The summed E-state index contributed by atoms with van der Waals surface area (Å²) in [6.07, 6.45) is 0. The second-order valence-corrected chi connectivity index (χ2v) is 5.85. The van der Waals surface area contributed by atoms with Gasteiger partial charge in [0.1, 0.15) is 0 Å². The highest BCUT2D eigenvalue weighted by atomic mass is 32.1. The van der Waals surface area contributed by atoms with Crippen molar-refractivity contribution in [1.29, 1.82) is 0 Å². The molecule has 0 aliphatic rings. The van der Waals surface area contributed by atoms with Gasteiger partial charge in [-0.05, 0) is 34.4 Å². The van der Waals surface area contributed by atoms with Gasteiger partial charge in [-0.3, -0.25) is 4.79 Å². The summed E-state index contributed by atoms with van der Waals surface area (Å²) in [5, 5.41) is 10.7. The quantitative estimate of drug-likeness (QED) is 0.745.